The van der Waals surface area contributed by atoms with Crippen LogP contribution in [-0.4, -0.2) is 31.8 Å². The first-order valence-corrected chi connectivity index (χ1v) is 7.19. The maximum Gasteiger partial charge on any atom is 0.101 e. The summed E-state index contributed by atoms with van der Waals surface area (Å²) in [6, 6.07) is 4.03. The number of H-pyrrole nitrogens is 1. The monoisotopic (exact) mass is 285 g/mol. The predicted octanol–water partition coefficient (Wildman–Crippen LogP) is 1.01. The number of nitrogens with zero attached hydrogens (tertiary/aromatic N) is 3. The zero-order valence-electron chi connectivity index (χ0n) is 11.7. The van der Waals surface area contributed by atoms with Crippen molar-refractivity contribution in [3.63, 3.8) is 0 Å². The largest absolute Gasteiger partial charge is 0.391 e. The lowest BCUT2D eigenvalue weighted by Crippen LogP contribution is -2.35. The summed E-state index contributed by atoms with van der Waals surface area (Å²) in [6.07, 6.45) is 8.69. The number of hydrogen-bond acceptors (Lipinski definition) is 4. The Hall–Kier alpha value is -2.10. The van der Waals surface area contributed by atoms with Crippen LogP contribution in [0.1, 0.15) is 24.1 Å². The van der Waals surface area contributed by atoms with E-state index in [2.05, 4.69) is 25.9 Å². The highest BCUT2D eigenvalue weighted by atomic mass is 16.3. The van der Waals surface area contributed by atoms with Crippen molar-refractivity contribution in [2.24, 2.45) is 5.92 Å². The third-order valence-corrected chi connectivity index (χ3v) is 4.08. The molecule has 6 nitrogen and oxygen atoms in total. The first-order valence-electron chi connectivity index (χ1n) is 7.19. The van der Waals surface area contributed by atoms with Crippen molar-refractivity contribution >= 4 is 0 Å². The Balaban J connectivity index is 1.51. The Labute approximate surface area is 123 Å². The van der Waals surface area contributed by atoms with Crippen LogP contribution in [0.4, 0.5) is 0 Å². The SMILES string of the molecule is N#Cc1c[nH]c(CN[C@@H]2CC(Cn3ccnc3)C[C@H]2O)c1. The quantitative estimate of drug-likeness (QED) is 0.765. The number of aliphatic hydroxyl groups is 1. The van der Waals surface area contributed by atoms with Gasteiger partial charge in [0, 0.05) is 43.4 Å². The Morgan fingerprint density at radius 3 is 3.14 bits per heavy atom. The van der Waals surface area contributed by atoms with Gasteiger partial charge in [0.2, 0.25) is 0 Å². The first kappa shape index (κ1) is 13.9. The molecule has 1 aliphatic rings. The van der Waals surface area contributed by atoms with Gasteiger partial charge in [0.05, 0.1) is 18.0 Å². The minimum Gasteiger partial charge on any atom is -0.391 e. The second kappa shape index (κ2) is 6.12. The molecule has 0 spiro atoms. The number of nitriles is 1. The topological polar surface area (TPSA) is 89.7 Å². The van der Waals surface area contributed by atoms with Gasteiger partial charge in [-0.3, -0.25) is 0 Å². The van der Waals surface area contributed by atoms with E-state index in [-0.39, 0.29) is 12.1 Å². The molecule has 1 fully saturated rings. The number of nitrogens with one attached hydrogen (secondary N) is 2. The second-order valence-electron chi connectivity index (χ2n) is 5.68. The first-order chi connectivity index (χ1) is 10.2. The molecule has 2 aromatic rings. The van der Waals surface area contributed by atoms with Crippen molar-refractivity contribution in [2.75, 3.05) is 0 Å². The van der Waals surface area contributed by atoms with E-state index in [1.165, 1.54) is 0 Å². The van der Waals surface area contributed by atoms with Gasteiger partial charge in [0.1, 0.15) is 6.07 Å². The van der Waals surface area contributed by atoms with E-state index in [9.17, 15) is 5.11 Å². The smallest absolute Gasteiger partial charge is 0.101 e. The minimum atomic E-state index is -0.316. The lowest BCUT2D eigenvalue weighted by Gasteiger charge is -2.15. The van der Waals surface area contributed by atoms with Crippen LogP contribution < -0.4 is 5.32 Å². The van der Waals surface area contributed by atoms with Gasteiger partial charge < -0.3 is 20.0 Å². The third kappa shape index (κ3) is 3.32. The molecule has 0 bridgehead atoms. The fourth-order valence-electron chi connectivity index (χ4n) is 3.03. The molecule has 110 valence electrons. The third-order valence-electron chi connectivity index (χ3n) is 4.08. The van der Waals surface area contributed by atoms with Crippen LogP contribution in [-0.2, 0) is 13.1 Å². The maximum atomic E-state index is 10.2. The Morgan fingerprint density at radius 1 is 1.52 bits per heavy atom. The van der Waals surface area contributed by atoms with Crippen LogP contribution in [0.2, 0.25) is 0 Å². The van der Waals surface area contributed by atoms with Crippen molar-refractivity contribution in [2.45, 2.75) is 38.1 Å². The van der Waals surface area contributed by atoms with Gasteiger partial charge in [0.25, 0.3) is 0 Å². The Bertz CT molecular complexity index is 612. The van der Waals surface area contributed by atoms with Crippen molar-refractivity contribution in [1.82, 2.24) is 19.9 Å². The number of hydrogen-bond donors (Lipinski definition) is 3. The molecular formula is C15H19N5O. The van der Waals surface area contributed by atoms with Crippen molar-refractivity contribution in [1.29, 1.82) is 5.26 Å². The molecule has 2 aromatic heterocycles. The van der Waals surface area contributed by atoms with E-state index < -0.39 is 0 Å². The van der Waals surface area contributed by atoms with Crippen LogP contribution in [0.3, 0.4) is 0 Å². The van der Waals surface area contributed by atoms with Crippen LogP contribution in [0.25, 0.3) is 0 Å². The minimum absolute atomic E-state index is 0.104. The van der Waals surface area contributed by atoms with Crippen LogP contribution in [0, 0.1) is 17.2 Å². The van der Waals surface area contributed by atoms with Crippen molar-refractivity contribution in [3.8, 4) is 6.07 Å². The Kier molecular flexibility index (Phi) is 4.04. The average molecular weight is 285 g/mol. The Morgan fingerprint density at radius 2 is 2.43 bits per heavy atom. The fraction of sp³-hybridized carbons (Fsp3) is 0.467. The van der Waals surface area contributed by atoms with E-state index in [0.29, 0.717) is 18.0 Å². The zero-order valence-corrected chi connectivity index (χ0v) is 11.7. The van der Waals surface area contributed by atoms with Crippen molar-refractivity contribution < 1.29 is 5.11 Å². The number of imidazole rings is 1. The molecule has 3 N–H and O–H groups in total. The fourth-order valence-corrected chi connectivity index (χ4v) is 3.03. The molecule has 0 radical (unpaired) electrons. The molecular weight excluding hydrogens is 266 g/mol. The van der Waals surface area contributed by atoms with Crippen LogP contribution >= 0.6 is 0 Å². The predicted molar refractivity (Wildman–Crippen MR) is 77.1 cm³/mol. The summed E-state index contributed by atoms with van der Waals surface area (Å²) in [5.74, 6) is 0.463. The van der Waals surface area contributed by atoms with Gasteiger partial charge in [-0.15, -0.1) is 0 Å². The second-order valence-corrected chi connectivity index (χ2v) is 5.68. The van der Waals surface area contributed by atoms with E-state index in [1.54, 1.807) is 12.4 Å². The van der Waals surface area contributed by atoms with Gasteiger partial charge in [-0.05, 0) is 24.8 Å². The maximum absolute atomic E-state index is 10.2. The van der Waals surface area contributed by atoms with E-state index >= 15 is 0 Å². The lowest BCUT2D eigenvalue weighted by atomic mass is 10.1. The highest BCUT2D eigenvalue weighted by Gasteiger charge is 2.32. The number of rotatable bonds is 5. The standard InChI is InChI=1S/C15H19N5O/c16-6-12-3-13(18-7-12)8-19-14-4-11(5-15(14)21)9-20-2-1-17-10-20/h1-3,7,10-11,14-15,18-19,21H,4-5,8-9H2/t11?,14-,15-/m1/s1. The normalized spacial score (nSPS) is 25.0. The van der Waals surface area contributed by atoms with Crippen LogP contribution in [0.15, 0.2) is 31.0 Å². The molecule has 0 aliphatic heterocycles. The number of aromatic amines is 1. The molecule has 21 heavy (non-hydrogen) atoms. The summed E-state index contributed by atoms with van der Waals surface area (Å²) in [6.45, 7) is 1.54. The molecule has 0 aromatic carbocycles. The number of aromatic nitrogens is 3. The van der Waals surface area contributed by atoms with Gasteiger partial charge in [-0.2, -0.15) is 5.26 Å². The lowest BCUT2D eigenvalue weighted by molar-refractivity contribution is 0.145. The van der Waals surface area contributed by atoms with Gasteiger partial charge in [0.15, 0.2) is 0 Å². The molecule has 1 saturated carbocycles. The summed E-state index contributed by atoms with van der Waals surface area (Å²) in [7, 11) is 0. The van der Waals surface area contributed by atoms with Crippen LogP contribution in [0.5, 0.6) is 0 Å². The molecule has 0 saturated heterocycles. The molecule has 6 heteroatoms. The highest BCUT2D eigenvalue weighted by Crippen LogP contribution is 2.27. The molecule has 1 aliphatic carbocycles. The van der Waals surface area contributed by atoms with Gasteiger partial charge >= 0.3 is 0 Å². The molecule has 0 amide bonds. The van der Waals surface area contributed by atoms with Gasteiger partial charge in [-0.25, -0.2) is 4.98 Å². The zero-order chi connectivity index (χ0) is 14.7. The molecule has 1 unspecified atom stereocenters. The average Bonchev–Trinajstić information content (AvgIpc) is 3.19. The molecule has 3 rings (SSSR count). The highest BCUT2D eigenvalue weighted by molar-refractivity contribution is 5.28. The molecule has 2 heterocycles. The summed E-state index contributed by atoms with van der Waals surface area (Å²) in [4.78, 5) is 7.11. The van der Waals surface area contributed by atoms with E-state index in [1.807, 2.05) is 18.6 Å². The summed E-state index contributed by atoms with van der Waals surface area (Å²) >= 11 is 0. The van der Waals surface area contributed by atoms with E-state index in [4.69, 9.17) is 5.26 Å². The van der Waals surface area contributed by atoms with Gasteiger partial charge in [-0.1, -0.05) is 0 Å². The van der Waals surface area contributed by atoms with Crippen molar-refractivity contribution in [3.05, 3.63) is 42.2 Å². The summed E-state index contributed by atoms with van der Waals surface area (Å²) < 4.78 is 2.06. The molecule has 3 atom stereocenters. The summed E-state index contributed by atoms with van der Waals surface area (Å²) in [5.41, 5.74) is 1.61. The van der Waals surface area contributed by atoms with E-state index in [0.717, 1.165) is 25.1 Å². The summed E-state index contributed by atoms with van der Waals surface area (Å²) in [5, 5.41) is 22.3. The number of aliphatic hydroxyl groups excluding tert-OH is 1.